The highest BCUT2D eigenvalue weighted by atomic mass is 32.2. The van der Waals surface area contributed by atoms with Gasteiger partial charge in [0.1, 0.15) is 11.8 Å². The predicted octanol–water partition coefficient (Wildman–Crippen LogP) is 2.25. The summed E-state index contributed by atoms with van der Waals surface area (Å²) < 4.78 is 11.8. The lowest BCUT2D eigenvalue weighted by Crippen LogP contribution is -2.08. The average molecular weight is 236 g/mol. The first-order valence-corrected chi connectivity index (χ1v) is 6.84. The molecule has 0 fully saturated rings. The van der Waals surface area contributed by atoms with Gasteiger partial charge in [0.2, 0.25) is 0 Å². The third-order valence-electron chi connectivity index (χ3n) is 2.43. The van der Waals surface area contributed by atoms with Crippen molar-refractivity contribution in [3.05, 3.63) is 29.6 Å². The van der Waals surface area contributed by atoms with Crippen LogP contribution in [-0.4, -0.2) is 14.9 Å². The van der Waals surface area contributed by atoms with E-state index in [2.05, 4.69) is 18.8 Å². The van der Waals surface area contributed by atoms with Crippen LogP contribution in [0.3, 0.4) is 0 Å². The van der Waals surface area contributed by atoms with E-state index >= 15 is 0 Å². The van der Waals surface area contributed by atoms with Crippen molar-refractivity contribution in [1.29, 1.82) is 5.26 Å². The SMILES string of the molecule is CCC(C)CS(=O)Cc1ccnc(C#N)c1. The Hall–Kier alpha value is -1.21. The maximum atomic E-state index is 11.8. The molecule has 1 heterocycles. The lowest BCUT2D eigenvalue weighted by molar-refractivity contribution is 0.615. The largest absolute Gasteiger partial charge is 0.259 e. The summed E-state index contributed by atoms with van der Waals surface area (Å²) in [5.74, 6) is 1.72. The van der Waals surface area contributed by atoms with Crippen LogP contribution in [0.4, 0.5) is 0 Å². The second kappa shape index (κ2) is 6.39. The highest BCUT2D eigenvalue weighted by molar-refractivity contribution is 7.84. The second-order valence-electron chi connectivity index (χ2n) is 3.93. The van der Waals surface area contributed by atoms with Crippen LogP contribution in [0.1, 0.15) is 31.5 Å². The fourth-order valence-corrected chi connectivity index (χ4v) is 2.84. The molecule has 0 aromatic carbocycles. The van der Waals surface area contributed by atoms with Crippen molar-refractivity contribution in [2.75, 3.05) is 5.75 Å². The molecule has 0 aliphatic rings. The van der Waals surface area contributed by atoms with Crippen LogP contribution in [0, 0.1) is 17.2 Å². The van der Waals surface area contributed by atoms with Gasteiger partial charge in [-0.25, -0.2) is 4.98 Å². The Bertz CT molecular complexity index is 412. The molecule has 0 N–H and O–H groups in total. The van der Waals surface area contributed by atoms with E-state index in [1.807, 2.05) is 12.1 Å². The number of hydrogen-bond donors (Lipinski definition) is 0. The van der Waals surface area contributed by atoms with Gasteiger partial charge in [-0.15, -0.1) is 0 Å². The standard InChI is InChI=1S/C12H16N2OS/c1-3-10(2)8-16(15)9-11-4-5-14-12(6-11)7-13/h4-6,10H,3,8-9H2,1-2H3. The van der Waals surface area contributed by atoms with Crippen LogP contribution >= 0.6 is 0 Å². The molecule has 0 saturated heterocycles. The van der Waals surface area contributed by atoms with Gasteiger partial charge in [0.25, 0.3) is 0 Å². The lowest BCUT2D eigenvalue weighted by atomic mass is 10.2. The average Bonchev–Trinajstić information content (AvgIpc) is 2.28. The van der Waals surface area contributed by atoms with Crippen molar-refractivity contribution < 1.29 is 4.21 Å². The first-order valence-electron chi connectivity index (χ1n) is 5.35. The van der Waals surface area contributed by atoms with E-state index in [9.17, 15) is 4.21 Å². The Morgan fingerprint density at radius 1 is 1.62 bits per heavy atom. The predicted molar refractivity (Wildman–Crippen MR) is 65.1 cm³/mol. The summed E-state index contributed by atoms with van der Waals surface area (Å²) in [5.41, 5.74) is 1.31. The van der Waals surface area contributed by atoms with Crippen molar-refractivity contribution in [3.8, 4) is 6.07 Å². The Morgan fingerprint density at radius 2 is 2.38 bits per heavy atom. The Labute approximate surface area is 99.0 Å². The summed E-state index contributed by atoms with van der Waals surface area (Å²) in [6, 6.07) is 5.50. The van der Waals surface area contributed by atoms with E-state index in [-0.39, 0.29) is 0 Å². The molecule has 16 heavy (non-hydrogen) atoms. The van der Waals surface area contributed by atoms with Gasteiger partial charge in [-0.3, -0.25) is 4.21 Å². The quantitative estimate of drug-likeness (QED) is 0.788. The number of hydrogen-bond acceptors (Lipinski definition) is 3. The maximum Gasteiger partial charge on any atom is 0.140 e. The maximum absolute atomic E-state index is 11.8. The van der Waals surface area contributed by atoms with E-state index < -0.39 is 10.8 Å². The van der Waals surface area contributed by atoms with Crippen molar-refractivity contribution in [2.24, 2.45) is 5.92 Å². The van der Waals surface area contributed by atoms with Crippen molar-refractivity contribution in [2.45, 2.75) is 26.0 Å². The topological polar surface area (TPSA) is 53.8 Å². The van der Waals surface area contributed by atoms with E-state index in [1.165, 1.54) is 0 Å². The first kappa shape index (κ1) is 12.9. The Balaban J connectivity index is 2.60. The zero-order chi connectivity index (χ0) is 12.0. The summed E-state index contributed by atoms with van der Waals surface area (Å²) in [7, 11) is -0.848. The highest BCUT2D eigenvalue weighted by Gasteiger charge is 2.07. The lowest BCUT2D eigenvalue weighted by Gasteiger charge is -2.07. The summed E-state index contributed by atoms with van der Waals surface area (Å²) in [6.07, 6.45) is 2.64. The van der Waals surface area contributed by atoms with Gasteiger partial charge in [0, 0.05) is 28.5 Å². The molecule has 0 aliphatic heterocycles. The summed E-state index contributed by atoms with van der Waals surface area (Å²) in [6.45, 7) is 4.20. The normalized spacial score (nSPS) is 14.1. The van der Waals surface area contributed by atoms with E-state index in [1.54, 1.807) is 12.3 Å². The van der Waals surface area contributed by atoms with Crippen LogP contribution in [-0.2, 0) is 16.6 Å². The molecule has 1 aromatic rings. The molecular formula is C12H16N2OS. The fraction of sp³-hybridized carbons (Fsp3) is 0.500. The Morgan fingerprint density at radius 3 is 3.00 bits per heavy atom. The monoisotopic (exact) mass is 236 g/mol. The van der Waals surface area contributed by atoms with Gasteiger partial charge < -0.3 is 0 Å². The number of aromatic nitrogens is 1. The fourth-order valence-electron chi connectivity index (χ4n) is 1.31. The minimum absolute atomic E-state index is 0.387. The number of nitriles is 1. The van der Waals surface area contributed by atoms with Gasteiger partial charge in [-0.05, 0) is 23.6 Å². The molecule has 0 spiro atoms. The minimum Gasteiger partial charge on any atom is -0.259 e. The number of nitrogens with zero attached hydrogens (tertiary/aromatic N) is 2. The van der Waals surface area contributed by atoms with Crippen molar-refractivity contribution in [3.63, 3.8) is 0 Å². The molecule has 0 amide bonds. The second-order valence-corrected chi connectivity index (χ2v) is 5.43. The zero-order valence-corrected chi connectivity index (χ0v) is 10.5. The van der Waals surface area contributed by atoms with Gasteiger partial charge in [0.15, 0.2) is 0 Å². The molecule has 0 bridgehead atoms. The van der Waals surface area contributed by atoms with E-state index in [4.69, 9.17) is 5.26 Å². The summed E-state index contributed by atoms with van der Waals surface area (Å²) >= 11 is 0. The molecule has 0 aliphatic carbocycles. The van der Waals surface area contributed by atoms with Crippen LogP contribution in [0.5, 0.6) is 0 Å². The molecule has 1 rings (SSSR count). The molecule has 86 valence electrons. The molecular weight excluding hydrogens is 220 g/mol. The van der Waals surface area contributed by atoms with Crippen molar-refractivity contribution in [1.82, 2.24) is 4.98 Å². The molecule has 4 heteroatoms. The molecule has 0 radical (unpaired) electrons. The minimum atomic E-state index is -0.848. The van der Waals surface area contributed by atoms with Crippen LogP contribution in [0.25, 0.3) is 0 Å². The third kappa shape index (κ3) is 4.11. The van der Waals surface area contributed by atoms with Crippen LogP contribution < -0.4 is 0 Å². The molecule has 2 unspecified atom stereocenters. The molecule has 3 nitrogen and oxygen atoms in total. The van der Waals surface area contributed by atoms with E-state index in [0.717, 1.165) is 17.7 Å². The van der Waals surface area contributed by atoms with E-state index in [0.29, 0.717) is 17.4 Å². The number of pyridine rings is 1. The van der Waals surface area contributed by atoms with Gasteiger partial charge in [-0.2, -0.15) is 5.26 Å². The van der Waals surface area contributed by atoms with Gasteiger partial charge >= 0.3 is 0 Å². The van der Waals surface area contributed by atoms with Gasteiger partial charge in [0.05, 0.1) is 0 Å². The third-order valence-corrected chi connectivity index (χ3v) is 4.03. The molecule has 0 saturated carbocycles. The first-order chi connectivity index (χ1) is 7.65. The Kier molecular flexibility index (Phi) is 5.13. The number of rotatable bonds is 5. The van der Waals surface area contributed by atoms with Crippen LogP contribution in [0.2, 0.25) is 0 Å². The zero-order valence-electron chi connectivity index (χ0n) is 9.64. The smallest absolute Gasteiger partial charge is 0.140 e. The van der Waals surface area contributed by atoms with Gasteiger partial charge in [-0.1, -0.05) is 20.3 Å². The molecule has 2 atom stereocenters. The van der Waals surface area contributed by atoms with Crippen LogP contribution in [0.15, 0.2) is 18.3 Å². The van der Waals surface area contributed by atoms with Crippen molar-refractivity contribution >= 4 is 10.8 Å². The molecule has 1 aromatic heterocycles. The summed E-state index contributed by atoms with van der Waals surface area (Å²) in [4.78, 5) is 3.88. The highest BCUT2D eigenvalue weighted by Crippen LogP contribution is 2.09. The summed E-state index contributed by atoms with van der Waals surface area (Å²) in [5, 5.41) is 8.69.